The molecule has 3 aliphatic rings. The van der Waals surface area contributed by atoms with Crippen molar-refractivity contribution in [3.8, 4) is 5.75 Å². The van der Waals surface area contributed by atoms with Crippen LogP contribution in [-0.2, 0) is 30.3 Å². The van der Waals surface area contributed by atoms with Gasteiger partial charge in [0.1, 0.15) is 18.1 Å². The van der Waals surface area contributed by atoms with E-state index in [2.05, 4.69) is 81.5 Å². The summed E-state index contributed by atoms with van der Waals surface area (Å²) in [4.78, 5) is 28.9. The van der Waals surface area contributed by atoms with Crippen LogP contribution in [0.2, 0.25) is 0 Å². The van der Waals surface area contributed by atoms with E-state index < -0.39 is 71.3 Å². The number of para-hydroxylation sites is 1. The van der Waals surface area contributed by atoms with E-state index in [0.29, 0.717) is 60.7 Å². The molecule has 384 valence electrons. The van der Waals surface area contributed by atoms with Gasteiger partial charge in [-0.3, -0.25) is 19.2 Å². The number of carbonyl (C=O) groups is 2. The fourth-order valence-electron chi connectivity index (χ4n) is 9.31. The smallest absolute Gasteiger partial charge is 0.264 e. The number of fused-ring (bicyclic) bond motifs is 2. The topological polar surface area (TPSA) is 250 Å². The molecule has 0 unspecified atom stereocenters. The van der Waals surface area contributed by atoms with Crippen LogP contribution in [0.5, 0.6) is 5.75 Å². The van der Waals surface area contributed by atoms with Crippen LogP contribution in [0.4, 0.5) is 11.4 Å². The van der Waals surface area contributed by atoms with E-state index in [-0.39, 0.29) is 12.2 Å². The Hall–Kier alpha value is -5.19. The fraction of sp³-hybridized carbons (Fsp3) is 0.442. The number of unbranched alkanes of at least 4 members (excludes halogenated alkanes) is 2. The minimum atomic E-state index is -4.16. The number of aliphatic hydroxyl groups excluding tert-OH is 4. The quantitative estimate of drug-likeness (QED) is 0.0143. The number of rotatable bonds is 25. The molecule has 0 aromatic heterocycles. The predicted molar refractivity (Wildman–Crippen MR) is 270 cm³/mol. The average molecular weight is 1020 g/mol. The maximum atomic E-state index is 13.3. The Morgan fingerprint density at radius 3 is 2.10 bits per heavy atom. The number of ether oxygens (including phenoxy) is 1. The van der Waals surface area contributed by atoms with Gasteiger partial charge in [0.05, 0.1) is 49.7 Å². The number of nitrogens with zero attached hydrogens (tertiary/aromatic N) is 2. The predicted octanol–water partition coefficient (Wildman–Crippen LogP) is 5.23. The summed E-state index contributed by atoms with van der Waals surface area (Å²) in [7, 11) is -4.16. The number of hydrogen-bond donors (Lipinski definition) is 7. The van der Waals surface area contributed by atoms with Crippen LogP contribution in [0.25, 0.3) is 0 Å². The molecule has 0 spiro atoms. The van der Waals surface area contributed by atoms with Gasteiger partial charge in [0.25, 0.3) is 21.9 Å². The standard InChI is InChI=1S/C52H66N4O13S2/c1-51(2)42-29-37(49(61)53-39(31-57)32-58)17-21-44(42)55(25-8-10-27-70-69-68-63)46(51)23-19-35-13-12-14-36(48(35)67-41-15-6-5-7-16-41)20-24-47-52(3,4)43-30-38(50(62)54-40(33-59)34-60)18-22-45(43)56(47)26-9-11-28-71(64,65)66/h5-7,15-24,29-30,39-40,57-60H,8-14,25-28,31-34H2,1-4H3,(H3-,53,54,61,62,63,64,65,66). The second kappa shape index (κ2) is 25.0. The SMILES string of the molecule is CC1(C)C(/C=C/C2=C(Oc3ccccc3)C(=C/C=C3/N(CCCCSOO[O-])c4ccc(C(=O)NC(CO)CO)cc4C3(C)C)/CCC2)=[N+](CCCCS(=O)(=O)O)c2ccc(C(=O)NC(CO)CO)cc21. The third kappa shape index (κ3) is 13.7. The van der Waals surface area contributed by atoms with Crippen LogP contribution in [0.3, 0.4) is 0 Å². The van der Waals surface area contributed by atoms with Gasteiger partial charge in [0, 0.05) is 76.4 Å². The number of amides is 2. The summed E-state index contributed by atoms with van der Waals surface area (Å²) in [6.45, 7) is 7.69. The molecule has 0 saturated heterocycles. The number of benzene rings is 3. The third-order valence-electron chi connectivity index (χ3n) is 13.2. The molecular weight excluding hydrogens is 953 g/mol. The maximum absolute atomic E-state index is 13.3. The first-order chi connectivity index (χ1) is 34.0. The molecule has 0 radical (unpaired) electrons. The Kier molecular flexibility index (Phi) is 19.4. The second-order valence-electron chi connectivity index (χ2n) is 18.8. The lowest BCUT2D eigenvalue weighted by molar-refractivity contribution is -0.777. The van der Waals surface area contributed by atoms with E-state index in [1.165, 1.54) is 0 Å². The van der Waals surface area contributed by atoms with Crippen LogP contribution in [0.1, 0.15) is 104 Å². The maximum Gasteiger partial charge on any atom is 0.264 e. The van der Waals surface area contributed by atoms with Crippen LogP contribution in [0, 0.1) is 0 Å². The molecular formula is C52H66N4O13S2. The summed E-state index contributed by atoms with van der Waals surface area (Å²) in [5, 5.41) is 57.7. The molecule has 0 saturated carbocycles. The van der Waals surface area contributed by atoms with Crippen LogP contribution in [0.15, 0.2) is 114 Å². The summed E-state index contributed by atoms with van der Waals surface area (Å²) in [6, 6.07) is 18.8. The molecule has 2 amide bonds. The van der Waals surface area contributed by atoms with Gasteiger partial charge in [-0.1, -0.05) is 38.1 Å². The number of anilines is 1. The van der Waals surface area contributed by atoms with Gasteiger partial charge in [0.15, 0.2) is 5.71 Å². The summed E-state index contributed by atoms with van der Waals surface area (Å²) in [5.74, 6) is 0.655. The Labute approximate surface area is 420 Å². The van der Waals surface area contributed by atoms with Crippen molar-refractivity contribution < 1.29 is 66.9 Å². The lowest BCUT2D eigenvalue weighted by Crippen LogP contribution is -2.40. The van der Waals surface area contributed by atoms with Crippen molar-refractivity contribution in [3.05, 3.63) is 136 Å². The number of allylic oxidation sites excluding steroid dienone is 7. The largest absolute Gasteiger partial charge is 0.691 e. The van der Waals surface area contributed by atoms with Crippen LogP contribution >= 0.6 is 12.0 Å². The number of hydrogen-bond acceptors (Lipinski definition) is 14. The van der Waals surface area contributed by atoms with E-state index in [1.54, 1.807) is 12.1 Å². The highest BCUT2D eigenvalue weighted by molar-refractivity contribution is 7.94. The molecule has 1 aliphatic carbocycles. The summed E-state index contributed by atoms with van der Waals surface area (Å²) >= 11 is 0.941. The summed E-state index contributed by atoms with van der Waals surface area (Å²) < 4.78 is 46.2. The van der Waals surface area contributed by atoms with Gasteiger partial charge in [-0.05, 0) is 124 Å². The molecule has 0 fully saturated rings. The zero-order chi connectivity index (χ0) is 51.3. The van der Waals surface area contributed by atoms with Gasteiger partial charge in [-0.25, -0.2) is 0 Å². The number of nitrogens with one attached hydrogen (secondary N) is 2. The third-order valence-corrected chi connectivity index (χ3v) is 14.6. The molecule has 6 rings (SSSR count). The molecule has 17 nitrogen and oxygen atoms in total. The van der Waals surface area contributed by atoms with Gasteiger partial charge < -0.3 is 46.0 Å². The van der Waals surface area contributed by atoms with Crippen molar-refractivity contribution in [2.45, 2.75) is 95.6 Å². The Bertz CT molecular complexity index is 2640. The highest BCUT2D eigenvalue weighted by Gasteiger charge is 2.45. The molecule has 2 heterocycles. The number of carbonyl (C=O) groups excluding carboxylic acids is 2. The molecule has 7 N–H and O–H groups in total. The van der Waals surface area contributed by atoms with E-state index >= 15 is 0 Å². The Balaban J connectivity index is 1.42. The minimum absolute atomic E-state index is 0.230. The van der Waals surface area contributed by atoms with Gasteiger partial charge >= 0.3 is 0 Å². The van der Waals surface area contributed by atoms with Crippen molar-refractivity contribution in [3.63, 3.8) is 0 Å². The van der Waals surface area contributed by atoms with Crippen LogP contribution in [-0.4, -0.2) is 119 Å². The number of aliphatic hydroxyl groups is 4. The molecule has 0 atom stereocenters. The lowest BCUT2D eigenvalue weighted by atomic mass is 9.80. The van der Waals surface area contributed by atoms with Gasteiger partial charge in [-0.2, -0.15) is 17.3 Å². The minimum Gasteiger partial charge on any atom is -0.691 e. The molecule has 3 aromatic carbocycles. The molecule has 0 bridgehead atoms. The molecule has 3 aromatic rings. The Morgan fingerprint density at radius 2 is 1.46 bits per heavy atom. The van der Waals surface area contributed by atoms with Crippen molar-refractivity contribution in [1.82, 2.24) is 10.6 Å². The van der Waals surface area contributed by atoms with Gasteiger partial charge in [0.2, 0.25) is 5.69 Å². The zero-order valence-electron chi connectivity index (χ0n) is 40.6. The Morgan fingerprint density at radius 1 is 0.817 bits per heavy atom. The first-order valence-electron chi connectivity index (χ1n) is 23.8. The fourth-order valence-corrected chi connectivity index (χ4v) is 10.3. The zero-order valence-corrected chi connectivity index (χ0v) is 42.3. The monoisotopic (exact) mass is 1020 g/mol. The van der Waals surface area contributed by atoms with Crippen LogP contribution < -0.4 is 25.5 Å². The van der Waals surface area contributed by atoms with Crippen molar-refractivity contribution >= 4 is 51.1 Å². The van der Waals surface area contributed by atoms with Crippen molar-refractivity contribution in [2.75, 3.05) is 55.9 Å². The normalized spacial score (nSPS) is 17.5. The summed E-state index contributed by atoms with van der Waals surface area (Å²) in [6.07, 6.45) is 12.7. The van der Waals surface area contributed by atoms with E-state index in [9.17, 15) is 48.2 Å². The molecule has 2 aliphatic heterocycles. The highest BCUT2D eigenvalue weighted by atomic mass is 32.2. The van der Waals surface area contributed by atoms with Crippen molar-refractivity contribution in [2.24, 2.45) is 0 Å². The average Bonchev–Trinajstić information content (AvgIpc) is 3.70. The van der Waals surface area contributed by atoms with Crippen molar-refractivity contribution in [1.29, 1.82) is 0 Å². The molecule has 19 heteroatoms. The first kappa shape index (κ1) is 55.1. The van der Waals surface area contributed by atoms with E-state index in [1.807, 2.05) is 54.6 Å². The van der Waals surface area contributed by atoms with E-state index in [4.69, 9.17) is 4.74 Å². The second-order valence-corrected chi connectivity index (χ2v) is 21.2. The van der Waals surface area contributed by atoms with Gasteiger partial charge in [-0.15, -0.1) is 0 Å². The first-order valence-corrected chi connectivity index (χ1v) is 26.3. The lowest BCUT2D eigenvalue weighted by Gasteiger charge is -2.27. The van der Waals surface area contributed by atoms with E-state index in [0.717, 1.165) is 76.4 Å². The summed E-state index contributed by atoms with van der Waals surface area (Å²) in [5.41, 5.74) is 6.84. The molecule has 71 heavy (non-hydrogen) atoms. The highest BCUT2D eigenvalue weighted by Crippen LogP contribution is 2.49.